The van der Waals surface area contributed by atoms with Gasteiger partial charge in [0, 0.05) is 61.2 Å². The van der Waals surface area contributed by atoms with Gasteiger partial charge in [0.2, 0.25) is 0 Å². The molecule has 0 radical (unpaired) electrons. The highest BCUT2D eigenvalue weighted by Crippen LogP contribution is 2.44. The lowest BCUT2D eigenvalue weighted by molar-refractivity contribution is 0.651. The van der Waals surface area contributed by atoms with E-state index in [0.717, 1.165) is 105 Å². The van der Waals surface area contributed by atoms with Crippen LogP contribution in [0.5, 0.6) is 0 Å². The minimum absolute atomic E-state index is 0.851. The van der Waals surface area contributed by atoms with Gasteiger partial charge in [-0.15, -0.1) is 0 Å². The van der Waals surface area contributed by atoms with E-state index in [4.69, 9.17) is 8.83 Å². The zero-order valence-corrected chi connectivity index (χ0v) is 36.7. The third-order valence-electron chi connectivity index (χ3n) is 13.3. The summed E-state index contributed by atoms with van der Waals surface area (Å²) in [6, 6.07) is 84.5. The Morgan fingerprint density at radius 1 is 0.269 bits per heavy atom. The summed E-state index contributed by atoms with van der Waals surface area (Å²) in [7, 11) is 0. The van der Waals surface area contributed by atoms with Crippen molar-refractivity contribution in [3.8, 4) is 22.3 Å². The van der Waals surface area contributed by atoms with Crippen molar-refractivity contribution in [3.63, 3.8) is 0 Å². The fourth-order valence-corrected chi connectivity index (χ4v) is 10.0. The maximum atomic E-state index is 6.79. The number of furan rings is 2. The summed E-state index contributed by atoms with van der Waals surface area (Å²) >= 11 is 0. The molecule has 0 spiro atoms. The molecule has 2 heterocycles. The first kappa shape index (κ1) is 38.6. The summed E-state index contributed by atoms with van der Waals surface area (Å²) < 4.78 is 13.6. The van der Waals surface area contributed by atoms with E-state index >= 15 is 0 Å². The van der Waals surface area contributed by atoms with Crippen LogP contribution < -0.4 is 9.80 Å². The molecule has 0 atom stereocenters. The van der Waals surface area contributed by atoms with Crippen LogP contribution in [0.4, 0.5) is 34.1 Å². The van der Waals surface area contributed by atoms with Crippen molar-refractivity contribution in [1.82, 2.24) is 0 Å². The number of hydrogen-bond acceptors (Lipinski definition) is 4. The maximum absolute atomic E-state index is 6.79. The van der Waals surface area contributed by atoms with E-state index in [1.807, 2.05) is 0 Å². The smallest absolute Gasteiger partial charge is 0.142 e. The molecule has 13 rings (SSSR count). The highest BCUT2D eigenvalue weighted by Gasteiger charge is 2.21. The molecule has 0 aliphatic carbocycles. The van der Waals surface area contributed by atoms with Gasteiger partial charge in [-0.25, -0.2) is 0 Å². The van der Waals surface area contributed by atoms with E-state index < -0.39 is 0 Å². The van der Waals surface area contributed by atoms with Gasteiger partial charge in [0.1, 0.15) is 22.3 Å². The van der Waals surface area contributed by atoms with E-state index in [0.29, 0.717) is 0 Å². The summed E-state index contributed by atoms with van der Waals surface area (Å²) in [5.74, 6) is 0. The van der Waals surface area contributed by atoms with Crippen LogP contribution in [0.3, 0.4) is 0 Å². The van der Waals surface area contributed by atoms with Crippen molar-refractivity contribution in [1.29, 1.82) is 0 Å². The van der Waals surface area contributed by atoms with Crippen molar-refractivity contribution >= 4 is 99.5 Å². The Labute approximate surface area is 387 Å². The maximum Gasteiger partial charge on any atom is 0.142 e. The molecule has 11 aromatic carbocycles. The molecular weight excluding hydrogens is 817 g/mol. The number of anilines is 6. The van der Waals surface area contributed by atoms with Crippen LogP contribution in [-0.2, 0) is 0 Å². The number of benzene rings is 11. The van der Waals surface area contributed by atoms with Crippen LogP contribution in [0.1, 0.15) is 5.56 Å². The second kappa shape index (κ2) is 15.7. The molecule has 0 N–H and O–H groups in total. The number of fused-ring (bicyclic) bond motifs is 8. The van der Waals surface area contributed by atoms with Crippen LogP contribution in [-0.4, -0.2) is 0 Å². The number of para-hydroxylation sites is 2. The molecule has 0 bridgehead atoms. The van der Waals surface area contributed by atoms with Crippen molar-refractivity contribution in [2.24, 2.45) is 0 Å². The predicted molar refractivity (Wildman–Crippen MR) is 281 cm³/mol. The average Bonchev–Trinajstić information content (AvgIpc) is 3.94. The van der Waals surface area contributed by atoms with Gasteiger partial charge in [-0.1, -0.05) is 133 Å². The lowest BCUT2D eigenvalue weighted by Gasteiger charge is -2.26. The number of nitrogens with zero attached hydrogens (tertiary/aromatic N) is 2. The molecule has 0 aliphatic rings. The molecule has 67 heavy (non-hydrogen) atoms. The van der Waals surface area contributed by atoms with E-state index in [-0.39, 0.29) is 0 Å². The Balaban J connectivity index is 0.897. The molecule has 0 amide bonds. The molecule has 0 unspecified atom stereocenters. The van der Waals surface area contributed by atoms with Gasteiger partial charge in [-0.3, -0.25) is 0 Å². The first-order valence-electron chi connectivity index (χ1n) is 22.8. The largest absolute Gasteiger partial charge is 0.456 e. The van der Waals surface area contributed by atoms with Gasteiger partial charge in [0.15, 0.2) is 0 Å². The monoisotopic (exact) mass is 858 g/mol. The number of rotatable bonds is 8. The van der Waals surface area contributed by atoms with Crippen molar-refractivity contribution in [3.05, 3.63) is 242 Å². The Morgan fingerprint density at radius 2 is 0.642 bits per heavy atom. The average molecular weight is 859 g/mol. The van der Waals surface area contributed by atoms with Gasteiger partial charge in [-0.2, -0.15) is 0 Å². The van der Waals surface area contributed by atoms with Gasteiger partial charge in [0.05, 0.1) is 0 Å². The quantitative estimate of drug-likeness (QED) is 0.152. The highest BCUT2D eigenvalue weighted by atomic mass is 16.3. The minimum atomic E-state index is 0.851. The lowest BCUT2D eigenvalue weighted by Crippen LogP contribution is -2.09. The molecule has 13 aromatic rings. The topological polar surface area (TPSA) is 32.8 Å². The first-order chi connectivity index (χ1) is 33.1. The van der Waals surface area contributed by atoms with E-state index in [1.165, 1.54) is 22.3 Å². The van der Waals surface area contributed by atoms with Crippen molar-refractivity contribution in [2.45, 2.75) is 6.92 Å². The molecule has 4 nitrogen and oxygen atoms in total. The second-order valence-corrected chi connectivity index (χ2v) is 17.4. The third kappa shape index (κ3) is 6.69. The predicted octanol–water partition coefficient (Wildman–Crippen LogP) is 18.4. The van der Waals surface area contributed by atoms with Crippen LogP contribution in [0.25, 0.3) is 87.7 Å². The molecule has 0 aliphatic heterocycles. The number of aryl methyl sites for hydroxylation is 1. The van der Waals surface area contributed by atoms with E-state index in [1.54, 1.807) is 0 Å². The van der Waals surface area contributed by atoms with E-state index in [9.17, 15) is 0 Å². The lowest BCUT2D eigenvalue weighted by atomic mass is 10.0. The zero-order chi connectivity index (χ0) is 44.4. The van der Waals surface area contributed by atoms with Gasteiger partial charge in [0.25, 0.3) is 0 Å². The summed E-state index contributed by atoms with van der Waals surface area (Å²) in [4.78, 5) is 4.65. The third-order valence-corrected chi connectivity index (χ3v) is 13.3. The van der Waals surface area contributed by atoms with Crippen LogP contribution in [0.2, 0.25) is 0 Å². The fraction of sp³-hybridized carbons (Fsp3) is 0.0159. The summed E-state index contributed by atoms with van der Waals surface area (Å²) in [5, 5.41) is 8.87. The minimum Gasteiger partial charge on any atom is -0.456 e. The molecule has 4 heteroatoms. The first-order valence-corrected chi connectivity index (χ1v) is 22.8. The van der Waals surface area contributed by atoms with Gasteiger partial charge in [-0.05, 0) is 154 Å². The SMILES string of the molecule is Cc1c2oc3cc4cc(N(c5ccccc5)c5cccc(-c6ccccc6)c5)ccc4cc3c2cc2c1oc1cc3cc(N(c4ccccc4)c4cccc(-c5ccccc5)c4)ccc3cc12. The number of hydrogen-bond donors (Lipinski definition) is 0. The summed E-state index contributed by atoms with van der Waals surface area (Å²) in [6.07, 6.45) is 0. The molecule has 0 fully saturated rings. The highest BCUT2D eigenvalue weighted by molar-refractivity contribution is 6.20. The van der Waals surface area contributed by atoms with Crippen LogP contribution >= 0.6 is 0 Å². The fourth-order valence-electron chi connectivity index (χ4n) is 10.0. The standard InChI is InChI=1S/C63H42N2O2/c1-41-62-58(56-36-46-28-30-54(34-48(46)38-60(56)66-62)64(50-22-10-4-11-23-50)52-26-14-20-44(32-52)42-16-6-2-7-17-42)40-59-57-37-47-29-31-55(35-49(47)39-61(57)67-63(41)59)65(51-24-12-5-13-25-51)53-27-15-21-45(33-53)43-18-8-3-9-19-43/h2-40H,1H3. The van der Waals surface area contributed by atoms with Crippen LogP contribution in [0.15, 0.2) is 245 Å². The Kier molecular flexibility index (Phi) is 9.04. The molecule has 0 saturated heterocycles. The van der Waals surface area contributed by atoms with E-state index in [2.05, 4.69) is 253 Å². The van der Waals surface area contributed by atoms with Crippen molar-refractivity contribution in [2.75, 3.05) is 9.80 Å². The Hall–Kier alpha value is -8.86. The van der Waals surface area contributed by atoms with Crippen LogP contribution in [0, 0.1) is 6.92 Å². The van der Waals surface area contributed by atoms with Crippen molar-refractivity contribution < 1.29 is 8.83 Å². The molecule has 316 valence electrons. The zero-order valence-electron chi connectivity index (χ0n) is 36.7. The van der Waals surface area contributed by atoms with Gasteiger partial charge >= 0.3 is 0 Å². The Morgan fingerprint density at radius 3 is 1.07 bits per heavy atom. The molecule has 0 saturated carbocycles. The second-order valence-electron chi connectivity index (χ2n) is 17.4. The Bertz CT molecular complexity index is 3730. The van der Waals surface area contributed by atoms with Gasteiger partial charge < -0.3 is 18.6 Å². The normalized spacial score (nSPS) is 11.7. The molecule has 2 aromatic heterocycles. The summed E-state index contributed by atoms with van der Waals surface area (Å²) in [6.45, 7) is 2.12. The molecular formula is C63H42N2O2. The summed E-state index contributed by atoms with van der Waals surface area (Å²) in [5.41, 5.74) is 15.6.